The number of aliphatic hydroxyl groups is 1. The van der Waals surface area contributed by atoms with Crippen molar-refractivity contribution in [2.75, 3.05) is 31.9 Å². The molecule has 1 aromatic rings. The fraction of sp³-hybridized carbons (Fsp3) is 0.882. The first-order valence-corrected chi connectivity index (χ1v) is 9.20. The Morgan fingerprint density at radius 1 is 1.17 bits per heavy atom. The van der Waals surface area contributed by atoms with Crippen molar-refractivity contribution in [1.82, 2.24) is 15.1 Å². The number of nitrogens with zero attached hydrogens (tertiary/aromatic N) is 4. The summed E-state index contributed by atoms with van der Waals surface area (Å²) >= 11 is 0. The second kappa shape index (κ2) is 14.2. The van der Waals surface area contributed by atoms with Crippen LogP contribution in [0.2, 0.25) is 0 Å². The van der Waals surface area contributed by atoms with E-state index in [4.69, 9.17) is 9.47 Å². The third-order valence-electron chi connectivity index (χ3n) is 3.51. The monoisotopic (exact) mass is 344 g/mol. The van der Waals surface area contributed by atoms with Gasteiger partial charge in [-0.25, -0.2) is 0 Å². The second-order valence-electron chi connectivity index (χ2n) is 5.08. The molecule has 1 N–H and O–H groups in total. The lowest BCUT2D eigenvalue weighted by Crippen LogP contribution is -2.53. The molecule has 0 aromatic carbocycles. The molecule has 0 bridgehead atoms. The average molecular weight is 345 g/mol. The van der Waals surface area contributed by atoms with Gasteiger partial charge in [0.25, 0.3) is 0 Å². The molecule has 1 saturated carbocycles. The topological polar surface area (TPSA) is 72.6 Å². The highest BCUT2D eigenvalue weighted by atomic mass is 16.5. The first kappa shape index (κ1) is 22.8. The molecule has 1 fully saturated rings. The van der Waals surface area contributed by atoms with E-state index in [2.05, 4.69) is 17.2 Å². The van der Waals surface area contributed by atoms with Crippen molar-refractivity contribution in [1.29, 1.82) is 0 Å². The van der Waals surface area contributed by atoms with Gasteiger partial charge in [-0.05, 0) is 24.5 Å². The Kier molecular flexibility index (Phi) is 13.5. The van der Waals surface area contributed by atoms with Gasteiger partial charge in [0.05, 0.1) is 38.2 Å². The maximum Gasteiger partial charge on any atom is 0.111 e. The Morgan fingerprint density at radius 3 is 2.38 bits per heavy atom. The van der Waals surface area contributed by atoms with Gasteiger partial charge in [0, 0.05) is 13.7 Å². The lowest BCUT2D eigenvalue weighted by molar-refractivity contribution is 0.0397. The number of rotatable bonds is 9. The molecule has 0 spiro atoms. The summed E-state index contributed by atoms with van der Waals surface area (Å²) in [6.07, 6.45) is 4.43. The van der Waals surface area contributed by atoms with Crippen LogP contribution in [0.1, 0.15) is 59.6 Å². The summed E-state index contributed by atoms with van der Waals surface area (Å²) in [5, 5.41) is 19.7. The highest BCUT2D eigenvalue weighted by Crippen LogP contribution is 2.23. The van der Waals surface area contributed by atoms with Crippen molar-refractivity contribution < 1.29 is 14.6 Å². The van der Waals surface area contributed by atoms with Gasteiger partial charge in [-0.3, -0.25) is 5.01 Å². The maximum atomic E-state index is 9.65. The number of ether oxygens (including phenoxy) is 2. The lowest BCUT2D eigenvalue weighted by atomic mass is 9.89. The van der Waals surface area contributed by atoms with Gasteiger partial charge in [0.2, 0.25) is 0 Å². The van der Waals surface area contributed by atoms with Crippen LogP contribution in [0.4, 0.5) is 0 Å². The molecule has 0 saturated heterocycles. The van der Waals surface area contributed by atoms with Crippen LogP contribution in [0.3, 0.4) is 0 Å². The molecule has 7 heteroatoms. The Hall–Kier alpha value is -1.18. The van der Waals surface area contributed by atoms with Crippen molar-refractivity contribution >= 4 is 0 Å². The third-order valence-corrected chi connectivity index (χ3v) is 3.51. The molecule has 2 atom stereocenters. The van der Waals surface area contributed by atoms with Crippen molar-refractivity contribution in [3.8, 4) is 0 Å². The van der Waals surface area contributed by atoms with Crippen LogP contribution < -0.4 is 5.01 Å². The molecule has 0 radical (unpaired) electrons. The van der Waals surface area contributed by atoms with E-state index in [1.807, 2.05) is 45.9 Å². The van der Waals surface area contributed by atoms with Crippen molar-refractivity contribution in [3.05, 3.63) is 11.9 Å². The lowest BCUT2D eigenvalue weighted by Gasteiger charge is -2.39. The number of aromatic nitrogens is 3. The molecule has 0 aliphatic heterocycles. The van der Waals surface area contributed by atoms with Crippen molar-refractivity contribution in [2.45, 2.75) is 72.6 Å². The molecule has 1 heterocycles. The summed E-state index contributed by atoms with van der Waals surface area (Å²) in [7, 11) is 1.91. The summed E-state index contributed by atoms with van der Waals surface area (Å²) in [6, 6.07) is 0.132. The molecule has 24 heavy (non-hydrogen) atoms. The molecular formula is C17H36N4O3. The van der Waals surface area contributed by atoms with E-state index in [9.17, 15) is 5.11 Å². The van der Waals surface area contributed by atoms with Gasteiger partial charge in [-0.15, -0.1) is 5.10 Å². The molecule has 1 aliphatic carbocycles. The van der Waals surface area contributed by atoms with Gasteiger partial charge in [0.1, 0.15) is 5.69 Å². The minimum absolute atomic E-state index is 0.132. The van der Waals surface area contributed by atoms with Gasteiger partial charge < -0.3 is 14.6 Å². The Labute approximate surface area is 146 Å². The zero-order valence-corrected chi connectivity index (χ0v) is 16.2. The van der Waals surface area contributed by atoms with Crippen LogP contribution in [-0.2, 0) is 16.1 Å². The number of aliphatic hydroxyl groups excluding tert-OH is 1. The molecule has 142 valence electrons. The molecule has 0 amide bonds. The molecular weight excluding hydrogens is 308 g/mol. The minimum Gasteiger partial charge on any atom is -0.391 e. The quantitative estimate of drug-likeness (QED) is 0.693. The maximum absolute atomic E-state index is 9.65. The Balaban J connectivity index is 0.00000123. The SMILES string of the molecule is CC.CC.CCCOCCOCc1cn(N(C)C2CCC2O)nn1. The van der Waals surface area contributed by atoms with Gasteiger partial charge >= 0.3 is 0 Å². The average Bonchev–Trinajstić information content (AvgIpc) is 3.09. The summed E-state index contributed by atoms with van der Waals surface area (Å²) < 4.78 is 10.8. The van der Waals surface area contributed by atoms with Crippen LogP contribution in [0.5, 0.6) is 0 Å². The molecule has 7 nitrogen and oxygen atoms in total. The van der Waals surface area contributed by atoms with Crippen LogP contribution in [0, 0.1) is 0 Å². The van der Waals surface area contributed by atoms with E-state index in [0.717, 1.165) is 31.6 Å². The zero-order valence-electron chi connectivity index (χ0n) is 16.2. The van der Waals surface area contributed by atoms with E-state index < -0.39 is 0 Å². The number of hydrogen-bond donors (Lipinski definition) is 1. The van der Waals surface area contributed by atoms with E-state index in [1.54, 1.807) is 4.79 Å². The molecule has 2 rings (SSSR count). The number of likely N-dealkylation sites (N-methyl/N-ethyl adjacent to an activating group) is 1. The summed E-state index contributed by atoms with van der Waals surface area (Å²) in [5.41, 5.74) is 0.779. The number of hydrogen-bond acceptors (Lipinski definition) is 6. The van der Waals surface area contributed by atoms with Crippen LogP contribution >= 0.6 is 0 Å². The predicted octanol–water partition coefficient (Wildman–Crippen LogP) is 2.36. The highest BCUT2D eigenvalue weighted by molar-refractivity contribution is 5.02. The first-order valence-electron chi connectivity index (χ1n) is 9.20. The smallest absolute Gasteiger partial charge is 0.111 e. The molecule has 2 unspecified atom stereocenters. The zero-order chi connectivity index (χ0) is 18.4. The predicted molar refractivity (Wildman–Crippen MR) is 96.7 cm³/mol. The van der Waals surface area contributed by atoms with E-state index >= 15 is 0 Å². The molecule has 1 aromatic heterocycles. The van der Waals surface area contributed by atoms with E-state index in [0.29, 0.717) is 19.8 Å². The van der Waals surface area contributed by atoms with Gasteiger partial charge in [-0.2, -0.15) is 4.79 Å². The molecule has 1 aliphatic rings. The fourth-order valence-corrected chi connectivity index (χ4v) is 2.10. The van der Waals surface area contributed by atoms with Crippen LogP contribution in [0.25, 0.3) is 0 Å². The fourth-order valence-electron chi connectivity index (χ4n) is 2.10. The van der Waals surface area contributed by atoms with E-state index in [-0.39, 0.29) is 12.1 Å². The largest absolute Gasteiger partial charge is 0.391 e. The van der Waals surface area contributed by atoms with Gasteiger partial charge in [-0.1, -0.05) is 34.6 Å². The Bertz CT molecular complexity index is 401. The highest BCUT2D eigenvalue weighted by Gasteiger charge is 2.33. The van der Waals surface area contributed by atoms with Crippen LogP contribution in [-0.4, -0.2) is 59.2 Å². The first-order chi connectivity index (χ1) is 11.7. The standard InChI is InChI=1S/C13H24N4O3.2C2H6/c1-3-6-19-7-8-20-10-11-9-17(15-14-11)16(2)12-4-5-13(12)18;2*1-2/h9,12-13,18H,3-8,10H2,1-2H3;2*1-2H3. The second-order valence-corrected chi connectivity index (χ2v) is 5.08. The third kappa shape index (κ3) is 7.59. The van der Waals surface area contributed by atoms with E-state index in [1.165, 1.54) is 0 Å². The van der Waals surface area contributed by atoms with Crippen LogP contribution in [0.15, 0.2) is 6.20 Å². The minimum atomic E-state index is -0.264. The van der Waals surface area contributed by atoms with Crippen molar-refractivity contribution in [3.63, 3.8) is 0 Å². The summed E-state index contributed by atoms with van der Waals surface area (Å²) in [6.45, 7) is 12.4. The Morgan fingerprint density at radius 2 is 1.83 bits per heavy atom. The van der Waals surface area contributed by atoms with Gasteiger partial charge in [0.15, 0.2) is 0 Å². The summed E-state index contributed by atoms with van der Waals surface area (Å²) in [5.74, 6) is 0. The summed E-state index contributed by atoms with van der Waals surface area (Å²) in [4.78, 5) is 1.67. The van der Waals surface area contributed by atoms with Crippen molar-refractivity contribution in [2.24, 2.45) is 0 Å². The normalized spacial score (nSPS) is 18.6.